The van der Waals surface area contributed by atoms with Crippen LogP contribution in [0.15, 0.2) is 42.0 Å². The van der Waals surface area contributed by atoms with Crippen LogP contribution in [-0.4, -0.2) is 149 Å². The van der Waals surface area contributed by atoms with E-state index in [2.05, 4.69) is 0 Å². The van der Waals surface area contributed by atoms with Crippen molar-refractivity contribution in [3.05, 3.63) is 47.5 Å². The lowest BCUT2D eigenvalue weighted by molar-refractivity contribution is -0.317. The van der Waals surface area contributed by atoms with Crippen LogP contribution in [0.5, 0.6) is 0 Å². The zero-order valence-corrected chi connectivity index (χ0v) is 40.6. The van der Waals surface area contributed by atoms with E-state index in [0.717, 1.165) is 6.26 Å². The highest BCUT2D eigenvalue weighted by Crippen LogP contribution is 2.42. The summed E-state index contributed by atoms with van der Waals surface area (Å²) < 4.78 is 81.8. The van der Waals surface area contributed by atoms with Crippen LogP contribution in [0, 0.1) is 17.8 Å². The van der Waals surface area contributed by atoms with Crippen molar-refractivity contribution in [1.29, 1.82) is 0 Å². The molecule has 0 radical (unpaired) electrons. The van der Waals surface area contributed by atoms with Crippen molar-refractivity contribution in [3.8, 4) is 0 Å². The lowest BCUT2D eigenvalue weighted by Gasteiger charge is -2.50. The summed E-state index contributed by atoms with van der Waals surface area (Å²) in [6.45, 7) is 17.2. The molecule has 16 atom stereocenters. The Morgan fingerprint density at radius 3 is 2.06 bits per heavy atom. The fraction of sp³-hybridized carbons (Fsp3) is 0.761. The molecular weight excluding hydrogens is 839 g/mol. The number of carbonyl (C=O) groups excluding carboxylic acids is 3. The molecule has 0 unspecified atom stereocenters. The highest BCUT2D eigenvalue weighted by atomic mass is 32.2. The van der Waals surface area contributed by atoms with Gasteiger partial charge in [0, 0.05) is 32.5 Å². The summed E-state index contributed by atoms with van der Waals surface area (Å²) in [4.78, 5) is 44.3. The van der Waals surface area contributed by atoms with Crippen molar-refractivity contribution in [1.82, 2.24) is 4.90 Å². The maximum atomic E-state index is 14.5. The fourth-order valence-electron chi connectivity index (χ4n) is 9.50. The number of ether oxygens (including phenoxy) is 8. The summed E-state index contributed by atoms with van der Waals surface area (Å²) in [7, 11) is 2.79. The summed E-state index contributed by atoms with van der Waals surface area (Å²) in [5.74, 6) is -4.09. The predicted octanol–water partition coefficient (Wildman–Crippen LogP) is 5.24. The zero-order chi connectivity index (χ0) is 47.4. The van der Waals surface area contributed by atoms with Crippen molar-refractivity contribution in [2.45, 2.75) is 173 Å². The number of hydrogen-bond acceptors (Lipinski definition) is 16. The van der Waals surface area contributed by atoms with Crippen LogP contribution < -0.4 is 0 Å². The normalized spacial score (nSPS) is 41.0. The van der Waals surface area contributed by atoms with Crippen LogP contribution in [0.4, 0.5) is 0 Å². The van der Waals surface area contributed by atoms with Crippen LogP contribution in [0.1, 0.15) is 105 Å². The average molecular weight is 912 g/mol. The number of ketones is 1. The molecule has 358 valence electrons. The van der Waals surface area contributed by atoms with Crippen molar-refractivity contribution < 1.29 is 70.0 Å². The van der Waals surface area contributed by atoms with Crippen LogP contribution in [0.25, 0.3) is 0 Å². The van der Waals surface area contributed by atoms with E-state index in [1.165, 1.54) is 27.2 Å². The fourth-order valence-corrected chi connectivity index (χ4v) is 10.2. The first-order valence-corrected chi connectivity index (χ1v) is 23.7. The molecular formula is C46H73NO15S. The number of benzene rings is 1. The Hall–Kier alpha value is -2.84. The number of nitrogens with zero attached hydrogens (tertiary/aromatic N) is 1. The number of rotatable bonds is 12. The number of esters is 2. The van der Waals surface area contributed by atoms with E-state index in [1.807, 2.05) is 32.8 Å². The second-order valence-corrected chi connectivity index (χ2v) is 20.3. The second kappa shape index (κ2) is 21.2. The van der Waals surface area contributed by atoms with E-state index in [4.69, 9.17) is 42.1 Å². The summed E-state index contributed by atoms with van der Waals surface area (Å²) in [5, 5.41) is 11.7. The zero-order valence-electron chi connectivity index (χ0n) is 39.8. The number of likely N-dealkylation sites (N-methyl/N-ethyl adjacent to an activating group) is 1. The molecule has 4 rings (SSSR count). The van der Waals surface area contributed by atoms with Gasteiger partial charge in [-0.2, -0.15) is 8.42 Å². The van der Waals surface area contributed by atoms with Gasteiger partial charge in [0.2, 0.25) is 0 Å². The van der Waals surface area contributed by atoms with Gasteiger partial charge in [0.1, 0.15) is 17.8 Å². The maximum Gasteiger partial charge on any atom is 0.338 e. The number of aliphatic hydroxyl groups is 1. The minimum atomic E-state index is -3.93. The van der Waals surface area contributed by atoms with Crippen LogP contribution in [0.3, 0.4) is 0 Å². The number of methoxy groups -OCH3 is 2. The van der Waals surface area contributed by atoms with E-state index in [-0.39, 0.29) is 42.8 Å². The topological polar surface area (TPSA) is 192 Å². The van der Waals surface area contributed by atoms with Gasteiger partial charge in [0.05, 0.1) is 59.4 Å². The molecule has 2 fully saturated rings. The highest BCUT2D eigenvalue weighted by Gasteiger charge is 2.54. The van der Waals surface area contributed by atoms with Gasteiger partial charge in [-0.3, -0.25) is 13.8 Å². The molecule has 0 saturated carbocycles. The molecule has 17 heteroatoms. The van der Waals surface area contributed by atoms with Gasteiger partial charge in [0.15, 0.2) is 24.5 Å². The van der Waals surface area contributed by atoms with Crippen LogP contribution >= 0.6 is 0 Å². The number of hydrogen-bond donors (Lipinski definition) is 1. The lowest BCUT2D eigenvalue weighted by atomic mass is 9.76. The van der Waals surface area contributed by atoms with Gasteiger partial charge in [-0.05, 0) is 106 Å². The number of allylic oxidation sites excluding steroid dienone is 1. The minimum Gasteiger partial charge on any atom is -0.459 e. The van der Waals surface area contributed by atoms with Gasteiger partial charge in [-0.15, -0.1) is 0 Å². The molecule has 16 nitrogen and oxygen atoms in total. The van der Waals surface area contributed by atoms with E-state index in [9.17, 15) is 27.9 Å². The Morgan fingerprint density at radius 1 is 0.905 bits per heavy atom. The van der Waals surface area contributed by atoms with Gasteiger partial charge < -0.3 is 47.9 Å². The van der Waals surface area contributed by atoms with Crippen molar-refractivity contribution >= 4 is 27.8 Å². The summed E-state index contributed by atoms with van der Waals surface area (Å²) in [5.41, 5.74) is -3.64. The van der Waals surface area contributed by atoms with Gasteiger partial charge >= 0.3 is 11.9 Å². The molecule has 3 aliphatic rings. The molecule has 0 bridgehead atoms. The monoisotopic (exact) mass is 911 g/mol. The molecule has 0 aromatic heterocycles. The third-order valence-corrected chi connectivity index (χ3v) is 13.6. The van der Waals surface area contributed by atoms with E-state index in [0.29, 0.717) is 12.0 Å². The van der Waals surface area contributed by atoms with E-state index in [1.54, 1.807) is 78.8 Å². The van der Waals surface area contributed by atoms with Crippen molar-refractivity contribution in [2.24, 2.45) is 17.8 Å². The molecule has 3 heterocycles. The lowest BCUT2D eigenvalue weighted by Crippen LogP contribution is -2.61. The molecule has 63 heavy (non-hydrogen) atoms. The van der Waals surface area contributed by atoms with E-state index < -0.39 is 106 Å². The van der Waals surface area contributed by atoms with E-state index >= 15 is 0 Å². The first-order chi connectivity index (χ1) is 29.2. The van der Waals surface area contributed by atoms with Gasteiger partial charge in [-0.25, -0.2) is 4.79 Å². The number of cyclic esters (lactones) is 1. The summed E-state index contributed by atoms with van der Waals surface area (Å²) >= 11 is 0. The molecule has 2 saturated heterocycles. The Balaban J connectivity index is 1.91. The van der Waals surface area contributed by atoms with Crippen LogP contribution in [-0.2, 0) is 61.8 Å². The molecule has 1 aromatic carbocycles. The Morgan fingerprint density at radius 2 is 1.51 bits per heavy atom. The standard InChI is InChI=1S/C46H73NO15S/c1-16-34-44(8,51)23-26(2)36(48)27(3)24-45(9,54-13)39(61-43-38(33(47(11)12)22-28(4)56-43)60-42(50)32-20-18-17-19-21-32)29(5)37(30(6)41(49)58-34)59-35-25-46(10,55-14)40(31(7)57-35)62-63(15,52)53/h17-21,23,27-31,33-35,37-40,43,51H,16,22,24-25H2,1-15H3/b26-23+/t27-,28-,29+,30-,31+,33+,34-,35+,37+,38-,39-,40+,43+,44+,45-,46-/m1/s1. The molecule has 0 amide bonds. The van der Waals surface area contributed by atoms with Crippen LogP contribution in [0.2, 0.25) is 0 Å². The molecule has 1 aromatic rings. The highest BCUT2D eigenvalue weighted by molar-refractivity contribution is 7.86. The summed E-state index contributed by atoms with van der Waals surface area (Å²) in [6, 6.07) is 8.26. The third-order valence-electron chi connectivity index (χ3n) is 13.1. The quantitative estimate of drug-likeness (QED) is 0.211. The maximum absolute atomic E-state index is 14.5. The molecule has 1 N–H and O–H groups in total. The van der Waals surface area contributed by atoms with Gasteiger partial charge in [0.25, 0.3) is 10.1 Å². The minimum absolute atomic E-state index is 0.0146. The average Bonchev–Trinajstić information content (AvgIpc) is 3.21. The van der Waals surface area contributed by atoms with Crippen molar-refractivity contribution in [2.75, 3.05) is 34.6 Å². The first kappa shape index (κ1) is 52.8. The smallest absolute Gasteiger partial charge is 0.338 e. The SMILES string of the molecule is CC[C@H]1OC(=O)[C@H](C)[C@@H](O[C@H]2C[C@@](C)(OC)[C@@H](OS(C)(=O)=O)[C@H](C)O2)[C@H](C)[C@@H](O[C@@H]2O[C@H](C)C[C@H](N(C)C)[C@H]2OC(=O)c2ccccc2)[C@](C)(OC)C[C@@H](C)C(=O)/C(C)=C/[C@]1(C)O. The molecule has 0 spiro atoms. The van der Waals surface area contributed by atoms with Crippen molar-refractivity contribution in [3.63, 3.8) is 0 Å². The second-order valence-electron chi connectivity index (χ2n) is 18.7. The Bertz CT molecular complexity index is 1860. The first-order valence-electron chi connectivity index (χ1n) is 21.9. The predicted molar refractivity (Wildman–Crippen MR) is 233 cm³/mol. The molecule has 3 aliphatic heterocycles. The number of Topliss-reactive ketones (excluding diaryl/α,β-unsaturated/α-hetero) is 1. The largest absolute Gasteiger partial charge is 0.459 e. The summed E-state index contributed by atoms with van der Waals surface area (Å²) in [6.07, 6.45) is -5.48. The Labute approximate surface area is 374 Å². The molecule has 0 aliphatic carbocycles. The third kappa shape index (κ3) is 12.7. The number of carbonyl (C=O) groups is 3. The van der Waals surface area contributed by atoms with Gasteiger partial charge in [-0.1, -0.05) is 39.0 Å². The Kier molecular flexibility index (Phi) is 17.8.